The van der Waals surface area contributed by atoms with E-state index in [4.69, 9.17) is 4.98 Å². The molecule has 4 aromatic rings. The Kier molecular flexibility index (Phi) is 4.24. The quantitative estimate of drug-likeness (QED) is 0.561. The molecule has 6 heteroatoms. The monoisotopic (exact) mass is 384 g/mol. The number of carbonyl (C=O) groups excluding carboxylic acids is 1. The Bertz CT molecular complexity index is 1240. The molecule has 0 unspecified atom stereocenters. The zero-order valence-corrected chi connectivity index (χ0v) is 15.8. The van der Waals surface area contributed by atoms with Crippen molar-refractivity contribution in [1.82, 2.24) is 14.5 Å². The molecule has 1 amide bonds. The van der Waals surface area contributed by atoms with E-state index in [0.717, 1.165) is 30.0 Å². The molecule has 0 radical (unpaired) electrons. The standard InChI is InChI=1S/C23H20N4O2/c28-22-17-5-1-2-6-19(17)24-13-18(22)23(29)25-16-10-8-15(9-11-16)20-14-27-12-4-3-7-21(27)26-20/h1-2,5-6,8-11,13-14H,3-4,7,12H2,(H,24,28)(H,25,29). The first-order valence-corrected chi connectivity index (χ1v) is 9.77. The number of imidazole rings is 1. The molecule has 0 fully saturated rings. The van der Waals surface area contributed by atoms with Gasteiger partial charge >= 0.3 is 0 Å². The van der Waals surface area contributed by atoms with Crippen LogP contribution in [0.3, 0.4) is 0 Å². The maximum atomic E-state index is 12.6. The maximum Gasteiger partial charge on any atom is 0.261 e. The smallest absolute Gasteiger partial charge is 0.261 e. The number of nitrogens with zero attached hydrogens (tertiary/aromatic N) is 2. The van der Waals surface area contributed by atoms with Gasteiger partial charge in [0.25, 0.3) is 5.91 Å². The van der Waals surface area contributed by atoms with Crippen LogP contribution in [0.15, 0.2) is 65.7 Å². The normalized spacial score (nSPS) is 13.2. The minimum atomic E-state index is -0.429. The van der Waals surface area contributed by atoms with Gasteiger partial charge in [-0.25, -0.2) is 4.98 Å². The van der Waals surface area contributed by atoms with Crippen molar-refractivity contribution in [1.29, 1.82) is 0 Å². The first kappa shape index (κ1) is 17.4. The minimum Gasteiger partial charge on any atom is -0.360 e. The first-order valence-electron chi connectivity index (χ1n) is 9.77. The number of carbonyl (C=O) groups is 1. The van der Waals surface area contributed by atoms with Crippen LogP contribution in [0, 0.1) is 0 Å². The topological polar surface area (TPSA) is 79.8 Å². The number of aryl methyl sites for hydroxylation is 2. The molecule has 0 atom stereocenters. The Labute approximate surface area is 167 Å². The number of anilines is 1. The first-order chi connectivity index (χ1) is 14.2. The van der Waals surface area contributed by atoms with Crippen molar-refractivity contribution in [3.05, 3.63) is 82.5 Å². The summed E-state index contributed by atoms with van der Waals surface area (Å²) < 4.78 is 2.22. The minimum absolute atomic E-state index is 0.0922. The van der Waals surface area contributed by atoms with E-state index < -0.39 is 5.91 Å². The van der Waals surface area contributed by atoms with Gasteiger partial charge in [0, 0.05) is 47.5 Å². The van der Waals surface area contributed by atoms with E-state index in [1.807, 2.05) is 36.4 Å². The molecule has 29 heavy (non-hydrogen) atoms. The zero-order chi connectivity index (χ0) is 19.8. The molecule has 6 nitrogen and oxygen atoms in total. The molecule has 1 aliphatic heterocycles. The van der Waals surface area contributed by atoms with Crippen molar-refractivity contribution in [2.24, 2.45) is 0 Å². The predicted octanol–water partition coefficient (Wildman–Crippen LogP) is 3.98. The molecule has 0 aliphatic carbocycles. The van der Waals surface area contributed by atoms with Gasteiger partial charge in [-0.3, -0.25) is 9.59 Å². The summed E-state index contributed by atoms with van der Waals surface area (Å²) >= 11 is 0. The Morgan fingerprint density at radius 1 is 1.07 bits per heavy atom. The number of hydrogen-bond donors (Lipinski definition) is 2. The van der Waals surface area contributed by atoms with Gasteiger partial charge in [-0.1, -0.05) is 24.3 Å². The molecule has 0 spiro atoms. The lowest BCUT2D eigenvalue weighted by Crippen LogP contribution is -2.21. The van der Waals surface area contributed by atoms with E-state index in [0.29, 0.717) is 16.6 Å². The molecule has 1 aliphatic rings. The average molecular weight is 384 g/mol. The lowest BCUT2D eigenvalue weighted by Gasteiger charge is -2.11. The van der Waals surface area contributed by atoms with E-state index in [-0.39, 0.29) is 11.0 Å². The van der Waals surface area contributed by atoms with Gasteiger partial charge in [0.15, 0.2) is 0 Å². The number of aromatic amines is 1. The molecule has 0 saturated heterocycles. The third-order valence-corrected chi connectivity index (χ3v) is 5.38. The summed E-state index contributed by atoms with van der Waals surface area (Å²) in [4.78, 5) is 33.0. The Morgan fingerprint density at radius 2 is 1.90 bits per heavy atom. The average Bonchev–Trinajstić information content (AvgIpc) is 3.19. The fraction of sp³-hybridized carbons (Fsp3) is 0.174. The van der Waals surface area contributed by atoms with Gasteiger partial charge < -0.3 is 14.9 Å². The Morgan fingerprint density at radius 3 is 2.72 bits per heavy atom. The van der Waals surface area contributed by atoms with Crippen molar-refractivity contribution in [3.8, 4) is 11.3 Å². The second kappa shape index (κ2) is 7.05. The highest BCUT2D eigenvalue weighted by Crippen LogP contribution is 2.24. The summed E-state index contributed by atoms with van der Waals surface area (Å²) in [5, 5.41) is 3.31. The van der Waals surface area contributed by atoms with Crippen molar-refractivity contribution in [2.45, 2.75) is 25.8 Å². The second-order valence-electron chi connectivity index (χ2n) is 7.30. The summed E-state index contributed by atoms with van der Waals surface area (Å²) in [6.45, 7) is 1.02. The van der Waals surface area contributed by atoms with Gasteiger partial charge in [0.05, 0.1) is 5.69 Å². The number of nitrogens with one attached hydrogen (secondary N) is 2. The molecular formula is C23H20N4O2. The lowest BCUT2D eigenvalue weighted by atomic mass is 10.1. The van der Waals surface area contributed by atoms with Crippen LogP contribution in [0.25, 0.3) is 22.2 Å². The SMILES string of the molecule is O=C(Nc1ccc(-c2cn3c(n2)CCCC3)cc1)c1c[nH]c2ccccc2c1=O. The van der Waals surface area contributed by atoms with Gasteiger partial charge in [-0.05, 0) is 37.1 Å². The van der Waals surface area contributed by atoms with E-state index in [1.54, 1.807) is 12.1 Å². The summed E-state index contributed by atoms with van der Waals surface area (Å²) in [6, 6.07) is 14.7. The number of aromatic nitrogens is 3. The second-order valence-corrected chi connectivity index (χ2v) is 7.30. The van der Waals surface area contributed by atoms with Crippen molar-refractivity contribution in [2.75, 3.05) is 5.32 Å². The van der Waals surface area contributed by atoms with Crippen LogP contribution in [0.2, 0.25) is 0 Å². The summed E-state index contributed by atoms with van der Waals surface area (Å²) in [7, 11) is 0. The number of para-hydroxylation sites is 1. The lowest BCUT2D eigenvalue weighted by molar-refractivity contribution is 0.102. The van der Waals surface area contributed by atoms with Gasteiger partial charge in [0.2, 0.25) is 5.43 Å². The number of amides is 1. The molecule has 0 saturated carbocycles. The van der Waals surface area contributed by atoms with E-state index >= 15 is 0 Å². The van der Waals surface area contributed by atoms with Crippen LogP contribution in [0.4, 0.5) is 5.69 Å². The largest absolute Gasteiger partial charge is 0.360 e. The molecule has 2 aromatic heterocycles. The van der Waals surface area contributed by atoms with Crippen LogP contribution in [-0.4, -0.2) is 20.4 Å². The molecular weight excluding hydrogens is 364 g/mol. The van der Waals surface area contributed by atoms with Crippen molar-refractivity contribution >= 4 is 22.5 Å². The van der Waals surface area contributed by atoms with E-state index in [2.05, 4.69) is 21.1 Å². The molecule has 144 valence electrons. The third kappa shape index (κ3) is 3.23. The summed E-state index contributed by atoms with van der Waals surface area (Å²) in [6.07, 6.45) is 6.96. The summed E-state index contributed by atoms with van der Waals surface area (Å²) in [5.74, 6) is 0.710. The Hall–Kier alpha value is -3.67. The maximum absolute atomic E-state index is 12.6. The van der Waals surface area contributed by atoms with Gasteiger partial charge in [-0.2, -0.15) is 0 Å². The molecule has 0 bridgehead atoms. The number of benzene rings is 2. The van der Waals surface area contributed by atoms with Crippen molar-refractivity contribution < 1.29 is 4.79 Å². The third-order valence-electron chi connectivity index (χ3n) is 5.38. The van der Waals surface area contributed by atoms with Gasteiger partial charge in [0.1, 0.15) is 11.4 Å². The van der Waals surface area contributed by atoms with Crippen LogP contribution in [0.5, 0.6) is 0 Å². The molecule has 3 heterocycles. The number of pyridine rings is 1. The van der Waals surface area contributed by atoms with Crippen LogP contribution >= 0.6 is 0 Å². The zero-order valence-electron chi connectivity index (χ0n) is 15.8. The van der Waals surface area contributed by atoms with Gasteiger partial charge in [-0.15, -0.1) is 0 Å². The number of hydrogen-bond acceptors (Lipinski definition) is 3. The highest BCUT2D eigenvalue weighted by atomic mass is 16.2. The van der Waals surface area contributed by atoms with E-state index in [9.17, 15) is 9.59 Å². The summed E-state index contributed by atoms with van der Waals surface area (Å²) in [5.41, 5.74) is 3.11. The van der Waals surface area contributed by atoms with Crippen LogP contribution in [0.1, 0.15) is 29.0 Å². The predicted molar refractivity (Wildman–Crippen MR) is 113 cm³/mol. The fourth-order valence-corrected chi connectivity index (χ4v) is 3.81. The van der Waals surface area contributed by atoms with Crippen LogP contribution < -0.4 is 10.7 Å². The highest BCUT2D eigenvalue weighted by Gasteiger charge is 2.15. The van der Waals surface area contributed by atoms with Crippen LogP contribution in [-0.2, 0) is 13.0 Å². The fourth-order valence-electron chi connectivity index (χ4n) is 3.81. The van der Waals surface area contributed by atoms with Crippen molar-refractivity contribution in [3.63, 3.8) is 0 Å². The molecule has 2 N–H and O–H groups in total. The Balaban J connectivity index is 1.37. The number of H-pyrrole nitrogens is 1. The van der Waals surface area contributed by atoms with E-state index in [1.165, 1.54) is 19.0 Å². The highest BCUT2D eigenvalue weighted by molar-refractivity contribution is 6.05. The molecule has 2 aromatic carbocycles. The molecule has 5 rings (SSSR count). The number of rotatable bonds is 3. The number of fused-ring (bicyclic) bond motifs is 2.